The van der Waals surface area contributed by atoms with Crippen LogP contribution >= 0.6 is 0 Å². The lowest BCUT2D eigenvalue weighted by atomic mass is 10.0. The third-order valence-corrected chi connectivity index (χ3v) is 4.35. The summed E-state index contributed by atoms with van der Waals surface area (Å²) in [4.78, 5) is 0. The molecule has 1 saturated carbocycles. The number of nitrogens with two attached hydrogens (primary N) is 1. The highest BCUT2D eigenvalue weighted by Crippen LogP contribution is 2.52. The number of hydrogen-bond donors (Lipinski definition) is 1. The first-order chi connectivity index (χ1) is 7.59. The predicted octanol–water partition coefficient (Wildman–Crippen LogP) is 2.15. The molecule has 0 spiro atoms. The fourth-order valence-electron chi connectivity index (χ4n) is 2.80. The summed E-state index contributed by atoms with van der Waals surface area (Å²) in [5.41, 5.74) is 9.19. The number of rotatable bonds is 2. The number of benzene rings is 1. The first-order valence-corrected chi connectivity index (χ1v) is 6.09. The summed E-state index contributed by atoms with van der Waals surface area (Å²) < 4.78 is 5.51. The fraction of sp³-hybridized carbons (Fsp3) is 0.571. The van der Waals surface area contributed by atoms with Crippen LogP contribution in [0.5, 0.6) is 5.75 Å². The highest BCUT2D eigenvalue weighted by molar-refractivity contribution is 5.40. The van der Waals surface area contributed by atoms with Crippen LogP contribution in [0.25, 0.3) is 0 Å². The van der Waals surface area contributed by atoms with Crippen LogP contribution in [0.3, 0.4) is 0 Å². The van der Waals surface area contributed by atoms with E-state index in [0.29, 0.717) is 17.4 Å². The van der Waals surface area contributed by atoms with Crippen molar-refractivity contribution in [2.45, 2.75) is 32.7 Å². The molecular formula is C14H19NO. The predicted molar refractivity (Wildman–Crippen MR) is 64.6 cm³/mol. The Morgan fingerprint density at radius 3 is 2.88 bits per heavy atom. The summed E-state index contributed by atoms with van der Waals surface area (Å²) >= 11 is 0. The molecule has 2 atom stereocenters. The second-order valence-electron chi connectivity index (χ2n) is 5.70. The molecule has 2 N–H and O–H groups in total. The maximum absolute atomic E-state index is 6.08. The summed E-state index contributed by atoms with van der Waals surface area (Å²) in [7, 11) is 0. The van der Waals surface area contributed by atoms with Crippen LogP contribution in [0.1, 0.15) is 25.0 Å². The van der Waals surface area contributed by atoms with E-state index < -0.39 is 0 Å². The van der Waals surface area contributed by atoms with E-state index in [9.17, 15) is 0 Å². The van der Waals surface area contributed by atoms with Crippen LogP contribution < -0.4 is 10.5 Å². The van der Waals surface area contributed by atoms with E-state index in [2.05, 4.69) is 32.0 Å². The molecule has 1 aromatic rings. The van der Waals surface area contributed by atoms with Gasteiger partial charge in [0, 0.05) is 12.5 Å². The Kier molecular flexibility index (Phi) is 2.05. The van der Waals surface area contributed by atoms with E-state index in [0.717, 1.165) is 25.2 Å². The molecule has 0 amide bonds. The molecule has 2 aliphatic rings. The van der Waals surface area contributed by atoms with Gasteiger partial charge in [-0.25, -0.2) is 0 Å². The van der Waals surface area contributed by atoms with Crippen LogP contribution in [0, 0.1) is 11.3 Å². The number of hydrogen-bond acceptors (Lipinski definition) is 2. The molecule has 16 heavy (non-hydrogen) atoms. The summed E-state index contributed by atoms with van der Waals surface area (Å²) in [6, 6.07) is 6.96. The molecule has 3 rings (SSSR count). The zero-order valence-corrected chi connectivity index (χ0v) is 9.99. The van der Waals surface area contributed by atoms with Crippen molar-refractivity contribution >= 4 is 0 Å². The average Bonchev–Trinajstić information content (AvgIpc) is 2.69. The smallest absolute Gasteiger partial charge is 0.122 e. The van der Waals surface area contributed by atoms with Crippen molar-refractivity contribution in [3.8, 4) is 5.75 Å². The van der Waals surface area contributed by atoms with Gasteiger partial charge in [-0.2, -0.15) is 0 Å². The molecule has 0 bridgehead atoms. The van der Waals surface area contributed by atoms with Gasteiger partial charge >= 0.3 is 0 Å². The monoisotopic (exact) mass is 217 g/mol. The summed E-state index contributed by atoms with van der Waals surface area (Å²) in [5.74, 6) is 1.72. The van der Waals surface area contributed by atoms with E-state index in [4.69, 9.17) is 10.5 Å². The van der Waals surface area contributed by atoms with Gasteiger partial charge < -0.3 is 10.5 Å². The Hall–Kier alpha value is -1.02. The third kappa shape index (κ3) is 1.44. The van der Waals surface area contributed by atoms with Crippen LogP contribution in [-0.4, -0.2) is 12.6 Å². The lowest BCUT2D eigenvalue weighted by Gasteiger charge is -2.05. The van der Waals surface area contributed by atoms with Gasteiger partial charge in [-0.3, -0.25) is 0 Å². The van der Waals surface area contributed by atoms with Crippen molar-refractivity contribution in [1.82, 2.24) is 0 Å². The van der Waals surface area contributed by atoms with Gasteiger partial charge in [0.15, 0.2) is 0 Å². The first-order valence-electron chi connectivity index (χ1n) is 6.09. The quantitative estimate of drug-likeness (QED) is 0.823. The Bertz CT molecular complexity index is 425. The minimum Gasteiger partial charge on any atom is -0.493 e. The fourth-order valence-corrected chi connectivity index (χ4v) is 2.80. The normalized spacial score (nSPS) is 29.7. The lowest BCUT2D eigenvalue weighted by molar-refractivity contribution is 0.357. The molecule has 0 aromatic heterocycles. The van der Waals surface area contributed by atoms with Crippen molar-refractivity contribution in [2.24, 2.45) is 17.1 Å². The zero-order chi connectivity index (χ0) is 11.3. The first kappa shape index (κ1) is 10.2. The maximum atomic E-state index is 6.08. The van der Waals surface area contributed by atoms with Crippen molar-refractivity contribution < 1.29 is 4.74 Å². The van der Waals surface area contributed by atoms with Gasteiger partial charge in [-0.1, -0.05) is 26.0 Å². The molecule has 1 aromatic carbocycles. The summed E-state index contributed by atoms with van der Waals surface area (Å²) in [6.45, 7) is 5.37. The molecule has 1 heterocycles. The Morgan fingerprint density at radius 1 is 1.44 bits per heavy atom. The van der Waals surface area contributed by atoms with Crippen molar-refractivity contribution in [2.75, 3.05) is 6.61 Å². The second kappa shape index (κ2) is 3.24. The molecule has 2 heteroatoms. The van der Waals surface area contributed by atoms with E-state index in [1.165, 1.54) is 11.1 Å². The molecule has 0 saturated heterocycles. The van der Waals surface area contributed by atoms with Gasteiger partial charge in [-0.05, 0) is 34.9 Å². The van der Waals surface area contributed by atoms with E-state index in [1.807, 2.05) is 0 Å². The molecule has 0 radical (unpaired) electrons. The SMILES string of the molecule is CC1(C)C(N)C1Cc1ccc2c(c1)CCO2. The van der Waals surface area contributed by atoms with Crippen LogP contribution in [0.15, 0.2) is 18.2 Å². The molecule has 1 aliphatic carbocycles. The molecule has 86 valence electrons. The van der Waals surface area contributed by atoms with Crippen molar-refractivity contribution in [1.29, 1.82) is 0 Å². The van der Waals surface area contributed by atoms with Crippen molar-refractivity contribution in [3.05, 3.63) is 29.3 Å². The Morgan fingerprint density at radius 2 is 2.19 bits per heavy atom. The maximum Gasteiger partial charge on any atom is 0.122 e. The average molecular weight is 217 g/mol. The highest BCUT2D eigenvalue weighted by Gasteiger charge is 2.54. The molecule has 1 fully saturated rings. The Balaban J connectivity index is 1.77. The lowest BCUT2D eigenvalue weighted by Crippen LogP contribution is -2.07. The van der Waals surface area contributed by atoms with Gasteiger partial charge in [0.1, 0.15) is 5.75 Å². The summed E-state index contributed by atoms with van der Waals surface area (Å²) in [5, 5.41) is 0. The van der Waals surface area contributed by atoms with Gasteiger partial charge in [-0.15, -0.1) is 0 Å². The Labute approximate surface area is 96.8 Å². The molecule has 1 aliphatic heterocycles. The van der Waals surface area contributed by atoms with Crippen molar-refractivity contribution in [3.63, 3.8) is 0 Å². The summed E-state index contributed by atoms with van der Waals surface area (Å²) in [6.07, 6.45) is 2.17. The largest absolute Gasteiger partial charge is 0.493 e. The van der Waals surface area contributed by atoms with E-state index in [1.54, 1.807) is 0 Å². The second-order valence-corrected chi connectivity index (χ2v) is 5.70. The van der Waals surface area contributed by atoms with E-state index >= 15 is 0 Å². The number of fused-ring (bicyclic) bond motifs is 1. The third-order valence-electron chi connectivity index (χ3n) is 4.35. The standard InChI is InChI=1S/C14H19NO/c1-14(2)11(13(14)15)8-9-3-4-12-10(7-9)5-6-16-12/h3-4,7,11,13H,5-6,8,15H2,1-2H3. The van der Waals surface area contributed by atoms with E-state index in [-0.39, 0.29) is 0 Å². The van der Waals surface area contributed by atoms with Gasteiger partial charge in [0.25, 0.3) is 0 Å². The molecule has 2 unspecified atom stereocenters. The minimum atomic E-state index is 0.329. The topological polar surface area (TPSA) is 35.2 Å². The van der Waals surface area contributed by atoms with Crippen LogP contribution in [0.4, 0.5) is 0 Å². The highest BCUT2D eigenvalue weighted by atomic mass is 16.5. The molecular weight excluding hydrogens is 198 g/mol. The number of ether oxygens (including phenoxy) is 1. The van der Waals surface area contributed by atoms with Crippen LogP contribution in [0.2, 0.25) is 0 Å². The van der Waals surface area contributed by atoms with Gasteiger partial charge in [0.2, 0.25) is 0 Å². The van der Waals surface area contributed by atoms with Gasteiger partial charge in [0.05, 0.1) is 6.61 Å². The minimum absolute atomic E-state index is 0.329. The molecule has 2 nitrogen and oxygen atoms in total. The zero-order valence-electron chi connectivity index (χ0n) is 9.99. The van der Waals surface area contributed by atoms with Crippen LogP contribution in [-0.2, 0) is 12.8 Å².